The molecule has 0 radical (unpaired) electrons. The van der Waals surface area contributed by atoms with E-state index in [1.165, 1.54) is 0 Å². The van der Waals surface area contributed by atoms with Crippen LogP contribution < -0.4 is 10.1 Å². The molecule has 2 rings (SSSR count). The zero-order chi connectivity index (χ0) is 18.6. The standard InChI is InChI=1S/C18H25NO6/c1-18(2,3)25-17(23)19-8-6-14(21)16(22)11-4-5-15-12(10-11)13(20)7-9-24-15/h4-5,10,14,16,21-22H,6-9H2,1-3H3,(H,19,23). The Bertz CT molecular complexity index is 637. The Morgan fingerprint density at radius 1 is 1.36 bits per heavy atom. The second-order valence-corrected chi connectivity index (χ2v) is 7.01. The summed E-state index contributed by atoms with van der Waals surface area (Å²) in [4.78, 5) is 23.5. The number of ketones is 1. The Kier molecular flexibility index (Phi) is 6.02. The molecule has 0 spiro atoms. The summed E-state index contributed by atoms with van der Waals surface area (Å²) in [7, 11) is 0. The first-order valence-corrected chi connectivity index (χ1v) is 8.30. The Morgan fingerprint density at radius 3 is 2.76 bits per heavy atom. The number of Topliss-reactive ketones (excluding diaryl/α,β-unsaturated/α-hetero) is 1. The molecule has 0 aliphatic carbocycles. The lowest BCUT2D eigenvalue weighted by molar-refractivity contribution is 0.0122. The first-order valence-electron chi connectivity index (χ1n) is 8.30. The van der Waals surface area contributed by atoms with Crippen LogP contribution in [0, 0.1) is 0 Å². The summed E-state index contributed by atoms with van der Waals surface area (Å²) in [6, 6.07) is 4.79. The third-order valence-electron chi connectivity index (χ3n) is 3.71. The molecule has 7 nitrogen and oxygen atoms in total. The molecule has 0 saturated heterocycles. The summed E-state index contributed by atoms with van der Waals surface area (Å²) in [5, 5.41) is 22.9. The van der Waals surface area contributed by atoms with Gasteiger partial charge in [-0.3, -0.25) is 4.79 Å². The molecule has 1 aliphatic heterocycles. The van der Waals surface area contributed by atoms with Crippen LogP contribution in [-0.2, 0) is 4.74 Å². The average molecular weight is 351 g/mol. The van der Waals surface area contributed by atoms with Gasteiger partial charge >= 0.3 is 6.09 Å². The molecule has 1 aromatic rings. The van der Waals surface area contributed by atoms with Crippen molar-refractivity contribution >= 4 is 11.9 Å². The van der Waals surface area contributed by atoms with E-state index in [4.69, 9.17) is 9.47 Å². The fourth-order valence-electron chi connectivity index (χ4n) is 2.48. The maximum absolute atomic E-state index is 11.9. The van der Waals surface area contributed by atoms with Gasteiger partial charge in [-0.05, 0) is 44.9 Å². The second-order valence-electron chi connectivity index (χ2n) is 7.01. The number of ether oxygens (including phenoxy) is 2. The lowest BCUT2D eigenvalue weighted by Gasteiger charge is -2.22. The maximum Gasteiger partial charge on any atom is 0.407 e. The van der Waals surface area contributed by atoms with Gasteiger partial charge in [-0.1, -0.05) is 6.07 Å². The molecule has 0 fully saturated rings. The molecule has 1 amide bonds. The minimum Gasteiger partial charge on any atom is -0.492 e. The Hall–Kier alpha value is -2.12. The minimum absolute atomic E-state index is 0.0450. The quantitative estimate of drug-likeness (QED) is 0.749. The van der Waals surface area contributed by atoms with Gasteiger partial charge < -0.3 is 25.0 Å². The first kappa shape index (κ1) is 19.2. The SMILES string of the molecule is CC(C)(C)OC(=O)NCCC(O)C(O)c1ccc2c(c1)C(=O)CCO2. The van der Waals surface area contributed by atoms with Crippen molar-refractivity contribution in [1.29, 1.82) is 0 Å². The van der Waals surface area contributed by atoms with E-state index in [-0.39, 0.29) is 18.7 Å². The molecular formula is C18H25NO6. The number of hydrogen-bond acceptors (Lipinski definition) is 6. The number of nitrogens with one attached hydrogen (secondary N) is 1. The van der Waals surface area contributed by atoms with Crippen LogP contribution in [0.15, 0.2) is 18.2 Å². The van der Waals surface area contributed by atoms with Gasteiger partial charge in [0.25, 0.3) is 0 Å². The van der Waals surface area contributed by atoms with Crippen LogP contribution in [0.2, 0.25) is 0 Å². The van der Waals surface area contributed by atoms with E-state index in [0.29, 0.717) is 29.9 Å². The highest BCUT2D eigenvalue weighted by atomic mass is 16.6. The van der Waals surface area contributed by atoms with E-state index in [2.05, 4.69) is 5.32 Å². The van der Waals surface area contributed by atoms with E-state index in [9.17, 15) is 19.8 Å². The molecule has 0 saturated carbocycles. The van der Waals surface area contributed by atoms with Gasteiger partial charge in [0.2, 0.25) is 0 Å². The monoisotopic (exact) mass is 351 g/mol. The lowest BCUT2D eigenvalue weighted by Crippen LogP contribution is -2.34. The summed E-state index contributed by atoms with van der Waals surface area (Å²) in [6.45, 7) is 5.78. The number of hydrogen-bond donors (Lipinski definition) is 3. The fourth-order valence-corrected chi connectivity index (χ4v) is 2.48. The average Bonchev–Trinajstić information content (AvgIpc) is 2.52. The van der Waals surface area contributed by atoms with Gasteiger partial charge in [0.1, 0.15) is 17.5 Å². The number of carbonyl (C=O) groups is 2. The minimum atomic E-state index is -1.17. The number of amides is 1. The van der Waals surface area contributed by atoms with Crippen molar-refractivity contribution in [2.75, 3.05) is 13.2 Å². The van der Waals surface area contributed by atoms with E-state index < -0.39 is 23.9 Å². The van der Waals surface area contributed by atoms with E-state index >= 15 is 0 Å². The molecule has 1 aromatic carbocycles. The van der Waals surface area contributed by atoms with E-state index in [1.807, 2.05) is 0 Å². The van der Waals surface area contributed by atoms with Crippen molar-refractivity contribution in [3.05, 3.63) is 29.3 Å². The highest BCUT2D eigenvalue weighted by Crippen LogP contribution is 2.29. The third kappa shape index (κ3) is 5.44. The van der Waals surface area contributed by atoms with Gasteiger partial charge in [0.15, 0.2) is 5.78 Å². The lowest BCUT2D eigenvalue weighted by atomic mass is 9.96. The molecule has 138 valence electrons. The Morgan fingerprint density at radius 2 is 2.08 bits per heavy atom. The number of alkyl carbamates (subject to hydrolysis) is 1. The molecular weight excluding hydrogens is 326 g/mol. The number of benzene rings is 1. The third-order valence-corrected chi connectivity index (χ3v) is 3.71. The van der Waals surface area contributed by atoms with Crippen LogP contribution in [0.5, 0.6) is 5.75 Å². The number of rotatable bonds is 5. The van der Waals surface area contributed by atoms with Gasteiger partial charge in [0, 0.05) is 13.0 Å². The van der Waals surface area contributed by atoms with Crippen molar-refractivity contribution in [1.82, 2.24) is 5.32 Å². The molecule has 1 aliphatic rings. The first-order chi connectivity index (χ1) is 11.7. The number of fused-ring (bicyclic) bond motifs is 1. The van der Waals surface area contributed by atoms with Gasteiger partial charge in [-0.15, -0.1) is 0 Å². The molecule has 3 N–H and O–H groups in total. The summed E-state index contributed by atoms with van der Waals surface area (Å²) in [5.74, 6) is 0.449. The number of aliphatic hydroxyl groups excluding tert-OH is 2. The zero-order valence-electron chi connectivity index (χ0n) is 14.7. The van der Waals surface area contributed by atoms with Crippen LogP contribution >= 0.6 is 0 Å². The van der Waals surface area contributed by atoms with Crippen LogP contribution in [0.25, 0.3) is 0 Å². The van der Waals surface area contributed by atoms with Gasteiger partial charge in [-0.25, -0.2) is 4.79 Å². The second kappa shape index (κ2) is 7.84. The van der Waals surface area contributed by atoms with Crippen LogP contribution in [0.3, 0.4) is 0 Å². The predicted octanol–water partition coefficient (Wildman–Crippen LogP) is 1.96. The topological polar surface area (TPSA) is 105 Å². The van der Waals surface area contributed by atoms with Crippen molar-refractivity contribution in [3.8, 4) is 5.75 Å². The number of aliphatic hydroxyl groups is 2. The van der Waals surface area contributed by atoms with Gasteiger partial charge in [0.05, 0.1) is 18.3 Å². The summed E-state index contributed by atoms with van der Waals surface area (Å²) in [5.41, 5.74) is 0.254. The largest absolute Gasteiger partial charge is 0.492 e. The Labute approximate surface area is 146 Å². The molecule has 2 unspecified atom stereocenters. The van der Waals surface area contributed by atoms with Crippen molar-refractivity contribution < 1.29 is 29.3 Å². The predicted molar refractivity (Wildman–Crippen MR) is 90.7 cm³/mol. The zero-order valence-corrected chi connectivity index (χ0v) is 14.7. The molecule has 0 aromatic heterocycles. The number of carbonyl (C=O) groups excluding carboxylic acids is 2. The highest BCUT2D eigenvalue weighted by Gasteiger charge is 2.24. The van der Waals surface area contributed by atoms with Crippen molar-refractivity contribution in [2.45, 2.75) is 51.4 Å². The smallest absolute Gasteiger partial charge is 0.407 e. The fraction of sp³-hybridized carbons (Fsp3) is 0.556. The molecule has 1 heterocycles. The maximum atomic E-state index is 11.9. The van der Waals surface area contributed by atoms with E-state index in [0.717, 1.165) is 0 Å². The van der Waals surface area contributed by atoms with Crippen LogP contribution in [0.4, 0.5) is 4.79 Å². The van der Waals surface area contributed by atoms with Crippen LogP contribution in [-0.4, -0.2) is 46.9 Å². The summed E-state index contributed by atoms with van der Waals surface area (Å²) >= 11 is 0. The molecule has 7 heteroatoms. The molecule has 2 atom stereocenters. The summed E-state index contributed by atoms with van der Waals surface area (Å²) in [6.07, 6.45) is -2.39. The van der Waals surface area contributed by atoms with Crippen molar-refractivity contribution in [3.63, 3.8) is 0 Å². The normalized spacial score (nSPS) is 16.4. The summed E-state index contributed by atoms with van der Waals surface area (Å²) < 4.78 is 10.5. The van der Waals surface area contributed by atoms with Crippen LogP contribution in [0.1, 0.15) is 55.6 Å². The Balaban J connectivity index is 1.90. The molecule has 25 heavy (non-hydrogen) atoms. The van der Waals surface area contributed by atoms with Gasteiger partial charge in [-0.2, -0.15) is 0 Å². The van der Waals surface area contributed by atoms with E-state index in [1.54, 1.807) is 39.0 Å². The van der Waals surface area contributed by atoms with Crippen molar-refractivity contribution in [2.24, 2.45) is 0 Å². The molecule has 0 bridgehead atoms. The highest BCUT2D eigenvalue weighted by molar-refractivity contribution is 5.99.